The van der Waals surface area contributed by atoms with Gasteiger partial charge in [0.25, 0.3) is 0 Å². The SMILES string of the molecule is CC(C)CN1C[C@@H](C(=O)NC[C@@H](c2ccco2)N(C)C)CC1=O. The number of likely N-dealkylation sites (tertiary alicyclic amines) is 1. The van der Waals surface area contributed by atoms with E-state index in [0.717, 1.165) is 12.3 Å². The van der Waals surface area contributed by atoms with Gasteiger partial charge in [0.2, 0.25) is 11.8 Å². The molecular formula is C17H27N3O3. The number of hydrogen-bond donors (Lipinski definition) is 1. The molecule has 1 aliphatic heterocycles. The first-order chi connectivity index (χ1) is 10.9. The molecule has 1 saturated heterocycles. The van der Waals surface area contributed by atoms with Crippen molar-refractivity contribution in [2.75, 3.05) is 33.7 Å². The quantitative estimate of drug-likeness (QED) is 0.826. The highest BCUT2D eigenvalue weighted by Crippen LogP contribution is 2.21. The van der Waals surface area contributed by atoms with E-state index in [1.165, 1.54) is 0 Å². The van der Waals surface area contributed by atoms with E-state index in [9.17, 15) is 9.59 Å². The first-order valence-electron chi connectivity index (χ1n) is 8.13. The minimum atomic E-state index is -0.249. The van der Waals surface area contributed by atoms with E-state index >= 15 is 0 Å². The van der Waals surface area contributed by atoms with Crippen molar-refractivity contribution >= 4 is 11.8 Å². The maximum absolute atomic E-state index is 12.4. The molecule has 2 rings (SSSR count). The summed E-state index contributed by atoms with van der Waals surface area (Å²) in [7, 11) is 3.89. The summed E-state index contributed by atoms with van der Waals surface area (Å²) in [6.45, 7) is 5.86. The van der Waals surface area contributed by atoms with E-state index in [-0.39, 0.29) is 23.8 Å². The molecule has 6 heteroatoms. The lowest BCUT2D eigenvalue weighted by Gasteiger charge is -2.23. The molecule has 0 bridgehead atoms. The topological polar surface area (TPSA) is 65.8 Å². The summed E-state index contributed by atoms with van der Waals surface area (Å²) < 4.78 is 5.44. The standard InChI is InChI=1S/C17H27N3O3/c1-12(2)10-20-11-13(8-16(20)21)17(22)18-9-14(19(3)4)15-6-5-7-23-15/h5-7,12-14H,8-11H2,1-4H3,(H,18,22)/t13-,14-/m0/s1. The average molecular weight is 321 g/mol. The summed E-state index contributed by atoms with van der Waals surface area (Å²) >= 11 is 0. The van der Waals surface area contributed by atoms with Gasteiger partial charge in [-0.3, -0.25) is 14.5 Å². The van der Waals surface area contributed by atoms with Crippen molar-refractivity contribution in [1.29, 1.82) is 0 Å². The van der Waals surface area contributed by atoms with Crippen molar-refractivity contribution in [1.82, 2.24) is 15.1 Å². The number of amides is 2. The highest BCUT2D eigenvalue weighted by Gasteiger charge is 2.34. The van der Waals surface area contributed by atoms with Crippen LogP contribution in [0, 0.1) is 11.8 Å². The molecule has 0 unspecified atom stereocenters. The van der Waals surface area contributed by atoms with Crippen molar-refractivity contribution < 1.29 is 14.0 Å². The van der Waals surface area contributed by atoms with E-state index in [4.69, 9.17) is 4.42 Å². The largest absolute Gasteiger partial charge is 0.468 e. The van der Waals surface area contributed by atoms with Crippen LogP contribution in [0.25, 0.3) is 0 Å². The lowest BCUT2D eigenvalue weighted by atomic mass is 10.1. The highest BCUT2D eigenvalue weighted by molar-refractivity contribution is 5.89. The van der Waals surface area contributed by atoms with E-state index in [0.29, 0.717) is 25.4 Å². The Morgan fingerprint density at radius 3 is 2.78 bits per heavy atom. The number of carbonyl (C=O) groups excluding carboxylic acids is 2. The molecule has 6 nitrogen and oxygen atoms in total. The first kappa shape index (κ1) is 17.5. The molecule has 0 saturated carbocycles. The fraction of sp³-hybridized carbons (Fsp3) is 0.647. The lowest BCUT2D eigenvalue weighted by Crippen LogP contribution is -2.38. The normalized spacial score (nSPS) is 19.7. The van der Waals surface area contributed by atoms with Gasteiger partial charge in [0.05, 0.1) is 18.2 Å². The van der Waals surface area contributed by atoms with Gasteiger partial charge < -0.3 is 14.6 Å². The van der Waals surface area contributed by atoms with Gasteiger partial charge in [-0.1, -0.05) is 13.8 Å². The molecule has 2 heterocycles. The van der Waals surface area contributed by atoms with Gasteiger partial charge in [-0.05, 0) is 32.1 Å². The average Bonchev–Trinajstić information content (AvgIpc) is 3.09. The molecular weight excluding hydrogens is 294 g/mol. The van der Waals surface area contributed by atoms with E-state index in [1.54, 1.807) is 11.2 Å². The summed E-state index contributed by atoms with van der Waals surface area (Å²) in [5.41, 5.74) is 0. The zero-order chi connectivity index (χ0) is 17.0. The Bertz CT molecular complexity index is 525. The maximum Gasteiger partial charge on any atom is 0.225 e. The third-order valence-corrected chi connectivity index (χ3v) is 4.14. The Morgan fingerprint density at radius 1 is 1.48 bits per heavy atom. The molecule has 1 fully saturated rings. The number of nitrogens with one attached hydrogen (secondary N) is 1. The summed E-state index contributed by atoms with van der Waals surface area (Å²) in [4.78, 5) is 28.2. The molecule has 0 aromatic carbocycles. The molecule has 1 aromatic heterocycles. The van der Waals surface area contributed by atoms with E-state index in [1.807, 2.05) is 31.1 Å². The van der Waals surface area contributed by atoms with Crippen LogP contribution in [-0.2, 0) is 9.59 Å². The van der Waals surface area contributed by atoms with Gasteiger partial charge in [0.1, 0.15) is 5.76 Å². The molecule has 23 heavy (non-hydrogen) atoms. The van der Waals surface area contributed by atoms with Crippen LogP contribution in [0.4, 0.5) is 0 Å². The van der Waals surface area contributed by atoms with Crippen LogP contribution in [-0.4, -0.2) is 55.3 Å². The van der Waals surface area contributed by atoms with Gasteiger partial charge in [0, 0.05) is 26.1 Å². The summed E-state index contributed by atoms with van der Waals surface area (Å²) in [6, 6.07) is 3.73. The molecule has 1 N–H and O–H groups in total. The lowest BCUT2D eigenvalue weighted by molar-refractivity contribution is -0.129. The Balaban J connectivity index is 1.88. The van der Waals surface area contributed by atoms with Gasteiger partial charge in [-0.15, -0.1) is 0 Å². The molecule has 128 valence electrons. The number of rotatable bonds is 7. The molecule has 0 aliphatic carbocycles. The Kier molecular flexibility index (Phi) is 5.82. The van der Waals surface area contributed by atoms with Crippen molar-refractivity contribution in [2.24, 2.45) is 11.8 Å². The third kappa shape index (κ3) is 4.58. The van der Waals surface area contributed by atoms with Gasteiger partial charge in [-0.25, -0.2) is 0 Å². The number of furan rings is 1. The minimum absolute atomic E-state index is 0.0159. The Labute approximate surface area is 137 Å². The minimum Gasteiger partial charge on any atom is -0.468 e. The number of likely N-dealkylation sites (N-methyl/N-ethyl adjacent to an activating group) is 1. The van der Waals surface area contributed by atoms with Crippen molar-refractivity contribution in [3.63, 3.8) is 0 Å². The zero-order valence-electron chi connectivity index (χ0n) is 14.4. The third-order valence-electron chi connectivity index (χ3n) is 4.14. The maximum atomic E-state index is 12.4. The fourth-order valence-electron chi connectivity index (χ4n) is 2.93. The molecule has 1 aromatic rings. The van der Waals surface area contributed by atoms with E-state index < -0.39 is 0 Å². The smallest absolute Gasteiger partial charge is 0.225 e. The van der Waals surface area contributed by atoms with Crippen LogP contribution in [0.1, 0.15) is 32.1 Å². The van der Waals surface area contributed by atoms with Crippen molar-refractivity contribution in [3.8, 4) is 0 Å². The number of hydrogen-bond acceptors (Lipinski definition) is 4. The molecule has 0 spiro atoms. The second-order valence-electron chi connectivity index (χ2n) is 6.83. The predicted molar refractivity (Wildman–Crippen MR) is 87.7 cm³/mol. The second-order valence-corrected chi connectivity index (χ2v) is 6.83. The van der Waals surface area contributed by atoms with Crippen LogP contribution in [0.3, 0.4) is 0 Å². The number of nitrogens with zero attached hydrogens (tertiary/aromatic N) is 2. The zero-order valence-corrected chi connectivity index (χ0v) is 14.4. The Morgan fingerprint density at radius 2 is 2.22 bits per heavy atom. The fourth-order valence-corrected chi connectivity index (χ4v) is 2.93. The summed E-state index contributed by atoms with van der Waals surface area (Å²) in [5.74, 6) is 1.01. The second kappa shape index (κ2) is 7.64. The van der Waals surface area contributed by atoms with E-state index in [2.05, 4.69) is 19.2 Å². The van der Waals surface area contributed by atoms with Crippen LogP contribution >= 0.6 is 0 Å². The first-order valence-corrected chi connectivity index (χ1v) is 8.13. The highest BCUT2D eigenvalue weighted by atomic mass is 16.3. The van der Waals surface area contributed by atoms with Crippen molar-refractivity contribution in [3.05, 3.63) is 24.2 Å². The molecule has 0 radical (unpaired) electrons. The van der Waals surface area contributed by atoms with Crippen LogP contribution < -0.4 is 5.32 Å². The molecule has 2 amide bonds. The molecule has 2 atom stereocenters. The van der Waals surface area contributed by atoms with Crippen LogP contribution in [0.15, 0.2) is 22.8 Å². The Hall–Kier alpha value is -1.82. The van der Waals surface area contributed by atoms with Crippen LogP contribution in [0.5, 0.6) is 0 Å². The predicted octanol–water partition coefficient (Wildman–Crippen LogP) is 1.50. The summed E-state index contributed by atoms with van der Waals surface area (Å²) in [5, 5.41) is 2.97. The van der Waals surface area contributed by atoms with Gasteiger partial charge in [-0.2, -0.15) is 0 Å². The van der Waals surface area contributed by atoms with Gasteiger partial charge >= 0.3 is 0 Å². The molecule has 1 aliphatic rings. The van der Waals surface area contributed by atoms with Crippen molar-refractivity contribution in [2.45, 2.75) is 26.3 Å². The summed E-state index contributed by atoms with van der Waals surface area (Å²) in [6.07, 6.45) is 1.94. The number of carbonyl (C=O) groups is 2. The monoisotopic (exact) mass is 321 g/mol. The van der Waals surface area contributed by atoms with Gasteiger partial charge in [0.15, 0.2) is 0 Å². The van der Waals surface area contributed by atoms with Crippen LogP contribution in [0.2, 0.25) is 0 Å².